The van der Waals surface area contributed by atoms with E-state index in [1.165, 1.54) is 0 Å². The zero-order valence-corrected chi connectivity index (χ0v) is 12.7. The monoisotopic (exact) mass is 374 g/mol. The van der Waals surface area contributed by atoms with Gasteiger partial charge in [0.25, 0.3) is 5.56 Å². The van der Waals surface area contributed by atoms with Crippen LogP contribution in [-0.2, 0) is 0 Å². The van der Waals surface area contributed by atoms with Crippen LogP contribution in [0.5, 0.6) is 0 Å². The molecular weight excluding hydrogens is 363 g/mol. The van der Waals surface area contributed by atoms with Gasteiger partial charge in [0, 0.05) is 11.1 Å². The van der Waals surface area contributed by atoms with Crippen LogP contribution in [-0.4, -0.2) is 9.97 Å². The standard InChI is InChI=1S/C16H11IN2O/c17-13-14(11-7-3-1-4-8-11)18-15(19-16(13)20)12-9-5-2-6-10-12/h1-10H,(H,18,19,20). The summed E-state index contributed by atoms with van der Waals surface area (Å²) in [5.74, 6) is 0.592. The summed E-state index contributed by atoms with van der Waals surface area (Å²) >= 11 is 2.04. The van der Waals surface area contributed by atoms with Crippen molar-refractivity contribution < 1.29 is 0 Å². The summed E-state index contributed by atoms with van der Waals surface area (Å²) in [6, 6.07) is 19.4. The molecule has 3 nitrogen and oxygen atoms in total. The SMILES string of the molecule is O=c1[nH]c(-c2ccccc2)nc(-c2ccccc2)c1I. The first-order valence-electron chi connectivity index (χ1n) is 6.16. The Hall–Kier alpha value is -1.95. The van der Waals surface area contributed by atoms with Gasteiger partial charge in [-0.1, -0.05) is 60.7 Å². The highest BCUT2D eigenvalue weighted by atomic mass is 127. The first kappa shape index (κ1) is 13.1. The second-order valence-electron chi connectivity index (χ2n) is 4.31. The van der Waals surface area contributed by atoms with Gasteiger partial charge in [-0.15, -0.1) is 0 Å². The predicted octanol–water partition coefficient (Wildman–Crippen LogP) is 3.71. The van der Waals surface area contributed by atoms with Crippen molar-refractivity contribution in [2.45, 2.75) is 0 Å². The minimum absolute atomic E-state index is 0.113. The zero-order chi connectivity index (χ0) is 13.9. The Morgan fingerprint density at radius 1 is 0.850 bits per heavy atom. The normalized spacial score (nSPS) is 10.4. The molecule has 1 N–H and O–H groups in total. The van der Waals surface area contributed by atoms with Crippen LogP contribution in [0.15, 0.2) is 65.5 Å². The number of halogens is 1. The third-order valence-corrected chi connectivity index (χ3v) is 3.96. The molecule has 0 radical (unpaired) electrons. The summed E-state index contributed by atoms with van der Waals surface area (Å²) in [6.07, 6.45) is 0. The van der Waals surface area contributed by atoms with Gasteiger partial charge >= 0.3 is 0 Å². The molecule has 0 amide bonds. The van der Waals surface area contributed by atoms with Crippen molar-refractivity contribution >= 4 is 22.6 Å². The second kappa shape index (κ2) is 5.58. The minimum atomic E-state index is -0.113. The lowest BCUT2D eigenvalue weighted by molar-refractivity contribution is 1.11. The molecular formula is C16H11IN2O. The number of nitrogens with zero attached hydrogens (tertiary/aromatic N) is 1. The van der Waals surface area contributed by atoms with E-state index in [0.29, 0.717) is 15.1 Å². The van der Waals surface area contributed by atoms with E-state index < -0.39 is 0 Å². The van der Waals surface area contributed by atoms with Gasteiger partial charge in [0.15, 0.2) is 0 Å². The topological polar surface area (TPSA) is 45.8 Å². The average Bonchev–Trinajstić information content (AvgIpc) is 2.51. The van der Waals surface area contributed by atoms with Crippen LogP contribution >= 0.6 is 22.6 Å². The number of aromatic amines is 1. The molecule has 20 heavy (non-hydrogen) atoms. The molecule has 0 saturated heterocycles. The van der Waals surface area contributed by atoms with Crippen LogP contribution in [0.4, 0.5) is 0 Å². The number of hydrogen-bond donors (Lipinski definition) is 1. The van der Waals surface area contributed by atoms with Crippen LogP contribution in [0.3, 0.4) is 0 Å². The molecule has 3 aromatic rings. The summed E-state index contributed by atoms with van der Waals surface area (Å²) in [5, 5.41) is 0. The van der Waals surface area contributed by atoms with Crippen molar-refractivity contribution in [1.29, 1.82) is 0 Å². The fraction of sp³-hybridized carbons (Fsp3) is 0. The Balaban J connectivity index is 2.22. The van der Waals surface area contributed by atoms with Gasteiger partial charge in [-0.3, -0.25) is 4.79 Å². The molecule has 0 fully saturated rings. The Bertz CT molecular complexity index is 783. The Labute approximate surface area is 129 Å². The highest BCUT2D eigenvalue weighted by Gasteiger charge is 2.11. The largest absolute Gasteiger partial charge is 0.306 e. The molecule has 0 unspecified atom stereocenters. The fourth-order valence-corrected chi connectivity index (χ4v) is 2.55. The third kappa shape index (κ3) is 2.51. The molecule has 4 heteroatoms. The number of aromatic nitrogens is 2. The van der Waals surface area contributed by atoms with E-state index in [2.05, 4.69) is 9.97 Å². The van der Waals surface area contributed by atoms with Gasteiger partial charge in [0.1, 0.15) is 9.39 Å². The fourth-order valence-electron chi connectivity index (χ4n) is 1.98. The van der Waals surface area contributed by atoms with Crippen LogP contribution in [0, 0.1) is 3.57 Å². The van der Waals surface area contributed by atoms with Gasteiger partial charge < -0.3 is 4.98 Å². The smallest absolute Gasteiger partial charge is 0.265 e. The third-order valence-electron chi connectivity index (χ3n) is 2.96. The van der Waals surface area contributed by atoms with E-state index in [9.17, 15) is 4.79 Å². The molecule has 0 bridgehead atoms. The summed E-state index contributed by atoms with van der Waals surface area (Å²) < 4.78 is 0.605. The molecule has 0 aliphatic rings. The van der Waals surface area contributed by atoms with Crippen molar-refractivity contribution in [1.82, 2.24) is 9.97 Å². The lowest BCUT2D eigenvalue weighted by Gasteiger charge is -2.07. The lowest BCUT2D eigenvalue weighted by atomic mass is 10.1. The van der Waals surface area contributed by atoms with Crippen LogP contribution in [0.1, 0.15) is 0 Å². The highest BCUT2D eigenvalue weighted by molar-refractivity contribution is 14.1. The maximum absolute atomic E-state index is 12.1. The maximum atomic E-state index is 12.1. The average molecular weight is 374 g/mol. The summed E-state index contributed by atoms with van der Waals surface area (Å²) in [4.78, 5) is 19.5. The Kier molecular flexibility index (Phi) is 3.64. The van der Waals surface area contributed by atoms with E-state index in [1.807, 2.05) is 83.3 Å². The number of H-pyrrole nitrogens is 1. The van der Waals surface area contributed by atoms with Gasteiger partial charge in [0.2, 0.25) is 0 Å². The quantitative estimate of drug-likeness (QED) is 0.696. The number of benzene rings is 2. The summed E-state index contributed by atoms with van der Waals surface area (Å²) in [5.41, 5.74) is 2.45. The van der Waals surface area contributed by atoms with E-state index in [4.69, 9.17) is 0 Å². The molecule has 0 spiro atoms. The van der Waals surface area contributed by atoms with Gasteiger partial charge in [0.05, 0.1) is 5.69 Å². The Morgan fingerprint density at radius 2 is 1.40 bits per heavy atom. The first-order valence-corrected chi connectivity index (χ1v) is 7.24. The van der Waals surface area contributed by atoms with E-state index in [-0.39, 0.29) is 5.56 Å². The molecule has 98 valence electrons. The number of rotatable bonds is 2. The molecule has 2 aromatic carbocycles. The second-order valence-corrected chi connectivity index (χ2v) is 5.39. The number of hydrogen-bond acceptors (Lipinski definition) is 2. The zero-order valence-electron chi connectivity index (χ0n) is 10.5. The van der Waals surface area contributed by atoms with Crippen molar-refractivity contribution in [2.24, 2.45) is 0 Å². The molecule has 1 heterocycles. The molecule has 0 aliphatic heterocycles. The molecule has 1 aromatic heterocycles. The van der Waals surface area contributed by atoms with E-state index >= 15 is 0 Å². The van der Waals surface area contributed by atoms with E-state index in [1.54, 1.807) is 0 Å². The van der Waals surface area contributed by atoms with Crippen molar-refractivity contribution in [3.05, 3.63) is 74.6 Å². The highest BCUT2D eigenvalue weighted by Crippen LogP contribution is 2.23. The number of nitrogens with one attached hydrogen (secondary N) is 1. The van der Waals surface area contributed by atoms with Gasteiger partial charge in [-0.05, 0) is 22.6 Å². The van der Waals surface area contributed by atoms with Crippen LogP contribution in [0.2, 0.25) is 0 Å². The molecule has 3 rings (SSSR count). The van der Waals surface area contributed by atoms with E-state index in [0.717, 1.165) is 11.1 Å². The molecule has 0 aliphatic carbocycles. The molecule has 0 atom stereocenters. The van der Waals surface area contributed by atoms with Gasteiger partial charge in [-0.2, -0.15) is 0 Å². The Morgan fingerprint density at radius 3 is 2.00 bits per heavy atom. The summed E-state index contributed by atoms with van der Waals surface area (Å²) in [6.45, 7) is 0. The summed E-state index contributed by atoms with van der Waals surface area (Å²) in [7, 11) is 0. The van der Waals surface area contributed by atoms with Crippen molar-refractivity contribution in [3.63, 3.8) is 0 Å². The lowest BCUT2D eigenvalue weighted by Crippen LogP contribution is -2.14. The van der Waals surface area contributed by atoms with Crippen molar-refractivity contribution in [2.75, 3.05) is 0 Å². The molecule has 0 saturated carbocycles. The maximum Gasteiger partial charge on any atom is 0.265 e. The van der Waals surface area contributed by atoms with Crippen LogP contribution in [0.25, 0.3) is 22.6 Å². The van der Waals surface area contributed by atoms with Crippen LogP contribution < -0.4 is 5.56 Å². The van der Waals surface area contributed by atoms with Gasteiger partial charge in [-0.25, -0.2) is 4.98 Å². The van der Waals surface area contributed by atoms with Crippen molar-refractivity contribution in [3.8, 4) is 22.6 Å². The predicted molar refractivity (Wildman–Crippen MR) is 88.4 cm³/mol. The minimum Gasteiger partial charge on any atom is -0.306 e. The first-order chi connectivity index (χ1) is 9.75.